The number of aryl methyl sites for hydroxylation is 1. The number of rotatable bonds is 5. The van der Waals surface area contributed by atoms with Crippen molar-refractivity contribution in [2.45, 2.75) is 32.7 Å². The van der Waals surface area contributed by atoms with Crippen LogP contribution in [0.2, 0.25) is 0 Å². The summed E-state index contributed by atoms with van der Waals surface area (Å²) in [4.78, 5) is 19.8. The third-order valence-corrected chi connectivity index (χ3v) is 4.39. The molecular weight excluding hydrogens is 282 g/mol. The molecule has 2 heterocycles. The normalized spacial score (nSPS) is 11.5. The van der Waals surface area contributed by atoms with Crippen molar-refractivity contribution in [2.24, 2.45) is 0 Å². The van der Waals surface area contributed by atoms with E-state index in [2.05, 4.69) is 15.3 Å². The van der Waals surface area contributed by atoms with Crippen LogP contribution in [-0.4, -0.2) is 21.0 Å². The number of hydrogen-bond donors (Lipinski definition) is 2. The van der Waals surface area contributed by atoms with Crippen LogP contribution >= 0.6 is 22.7 Å². The second kappa shape index (κ2) is 5.26. The Labute approximate surface area is 119 Å². The molecule has 0 aliphatic rings. The third kappa shape index (κ3) is 3.10. The number of nitrogens with one attached hydrogen (secondary N) is 1. The Hall–Kier alpha value is -1.47. The van der Waals surface area contributed by atoms with Crippen molar-refractivity contribution in [1.29, 1.82) is 0 Å². The molecule has 19 heavy (non-hydrogen) atoms. The molecule has 0 aromatic carbocycles. The molecule has 2 aromatic rings. The van der Waals surface area contributed by atoms with Crippen molar-refractivity contribution in [3.8, 4) is 0 Å². The van der Waals surface area contributed by atoms with Gasteiger partial charge in [-0.15, -0.1) is 22.7 Å². The number of carboxylic acids is 1. The average Bonchev–Trinajstić information content (AvgIpc) is 2.95. The van der Waals surface area contributed by atoms with Gasteiger partial charge in [-0.25, -0.2) is 9.97 Å². The molecule has 5 nitrogen and oxygen atoms in total. The molecule has 0 saturated heterocycles. The van der Waals surface area contributed by atoms with Crippen LogP contribution < -0.4 is 5.32 Å². The van der Waals surface area contributed by atoms with Crippen LogP contribution in [0.5, 0.6) is 0 Å². The number of carbonyl (C=O) groups is 1. The molecule has 0 bridgehead atoms. The van der Waals surface area contributed by atoms with Crippen LogP contribution in [-0.2, 0) is 16.8 Å². The molecule has 2 rings (SSSR count). The number of nitrogens with zero attached hydrogens (tertiary/aromatic N) is 2. The fourth-order valence-electron chi connectivity index (χ4n) is 1.41. The number of carboxylic acid groups (broad SMARTS) is 1. The Morgan fingerprint density at radius 3 is 2.68 bits per heavy atom. The van der Waals surface area contributed by atoms with Crippen LogP contribution in [0, 0.1) is 6.92 Å². The van der Waals surface area contributed by atoms with Crippen molar-refractivity contribution in [3.63, 3.8) is 0 Å². The van der Waals surface area contributed by atoms with Gasteiger partial charge in [0.2, 0.25) is 0 Å². The largest absolute Gasteiger partial charge is 0.481 e. The Morgan fingerprint density at radius 1 is 1.37 bits per heavy atom. The molecule has 102 valence electrons. The number of aliphatic carboxylic acids is 1. The Morgan fingerprint density at radius 2 is 2.11 bits per heavy atom. The minimum Gasteiger partial charge on any atom is -0.481 e. The van der Waals surface area contributed by atoms with Gasteiger partial charge in [0.25, 0.3) is 0 Å². The van der Waals surface area contributed by atoms with Gasteiger partial charge in [0, 0.05) is 10.8 Å². The lowest BCUT2D eigenvalue weighted by atomic mass is 9.90. The average molecular weight is 297 g/mol. The summed E-state index contributed by atoms with van der Waals surface area (Å²) in [6, 6.07) is 0. The van der Waals surface area contributed by atoms with E-state index in [1.54, 1.807) is 30.6 Å². The molecule has 0 spiro atoms. The van der Waals surface area contributed by atoms with E-state index >= 15 is 0 Å². The van der Waals surface area contributed by atoms with Crippen LogP contribution in [0.15, 0.2) is 10.8 Å². The van der Waals surface area contributed by atoms with Crippen molar-refractivity contribution in [2.75, 3.05) is 5.32 Å². The zero-order valence-electron chi connectivity index (χ0n) is 10.9. The number of hydrogen-bond acceptors (Lipinski definition) is 6. The van der Waals surface area contributed by atoms with E-state index < -0.39 is 11.4 Å². The molecule has 7 heteroatoms. The fraction of sp³-hybridized carbons (Fsp3) is 0.417. The van der Waals surface area contributed by atoms with Crippen LogP contribution in [0.4, 0.5) is 5.13 Å². The van der Waals surface area contributed by atoms with Crippen molar-refractivity contribution < 1.29 is 9.90 Å². The van der Waals surface area contributed by atoms with E-state index in [1.165, 1.54) is 11.3 Å². The Bertz CT molecular complexity index is 589. The smallest absolute Gasteiger partial charge is 0.315 e. The molecule has 0 aliphatic heterocycles. The van der Waals surface area contributed by atoms with Crippen LogP contribution in [0.3, 0.4) is 0 Å². The van der Waals surface area contributed by atoms with Gasteiger partial charge in [-0.05, 0) is 20.8 Å². The van der Waals surface area contributed by atoms with E-state index in [9.17, 15) is 4.79 Å². The summed E-state index contributed by atoms with van der Waals surface area (Å²) in [6.07, 6.45) is 0. The monoisotopic (exact) mass is 297 g/mol. The molecule has 0 atom stereocenters. The van der Waals surface area contributed by atoms with Crippen LogP contribution in [0.1, 0.15) is 30.2 Å². The highest BCUT2D eigenvalue weighted by Crippen LogP contribution is 2.27. The van der Waals surface area contributed by atoms with Gasteiger partial charge in [-0.1, -0.05) is 0 Å². The SMILES string of the molecule is Cc1nc(CNc2nc(C(C)(C)C(=O)O)cs2)cs1. The summed E-state index contributed by atoms with van der Waals surface area (Å²) in [5, 5.41) is 17.8. The first kappa shape index (κ1) is 14.0. The predicted molar refractivity (Wildman–Crippen MR) is 77.0 cm³/mol. The summed E-state index contributed by atoms with van der Waals surface area (Å²) in [5.41, 5.74) is 0.576. The first-order valence-electron chi connectivity index (χ1n) is 5.74. The molecule has 2 aromatic heterocycles. The minimum atomic E-state index is -0.965. The van der Waals surface area contributed by atoms with Gasteiger partial charge in [-0.3, -0.25) is 4.79 Å². The van der Waals surface area contributed by atoms with Gasteiger partial charge in [0.15, 0.2) is 5.13 Å². The minimum absolute atomic E-state index is 0.571. The second-order valence-corrected chi connectivity index (χ2v) is 6.60. The summed E-state index contributed by atoms with van der Waals surface area (Å²) < 4.78 is 0. The molecule has 0 radical (unpaired) electrons. The standard InChI is InChI=1S/C12H15N3O2S2/c1-7-14-8(5-18-7)4-13-11-15-9(6-19-11)12(2,3)10(16)17/h5-6H,4H2,1-3H3,(H,13,15)(H,16,17). The highest BCUT2D eigenvalue weighted by atomic mass is 32.1. The van der Waals surface area contributed by atoms with E-state index in [4.69, 9.17) is 5.11 Å². The molecule has 0 fully saturated rings. The molecule has 0 unspecified atom stereocenters. The Balaban J connectivity index is 2.03. The van der Waals surface area contributed by atoms with Gasteiger partial charge >= 0.3 is 5.97 Å². The maximum absolute atomic E-state index is 11.1. The maximum atomic E-state index is 11.1. The fourth-order valence-corrected chi connectivity index (χ4v) is 2.90. The molecule has 2 N–H and O–H groups in total. The highest BCUT2D eigenvalue weighted by molar-refractivity contribution is 7.13. The quantitative estimate of drug-likeness (QED) is 0.887. The zero-order chi connectivity index (χ0) is 14.0. The molecule has 0 saturated carbocycles. The zero-order valence-corrected chi connectivity index (χ0v) is 12.6. The summed E-state index contributed by atoms with van der Waals surface area (Å²) >= 11 is 3.02. The molecule has 0 aliphatic carbocycles. The number of anilines is 1. The van der Waals surface area contributed by atoms with Crippen molar-refractivity contribution in [3.05, 3.63) is 27.2 Å². The molecule has 0 amide bonds. The lowest BCUT2D eigenvalue weighted by molar-refractivity contribution is -0.142. The Kier molecular flexibility index (Phi) is 3.86. The van der Waals surface area contributed by atoms with Crippen molar-refractivity contribution >= 4 is 33.8 Å². The second-order valence-electron chi connectivity index (χ2n) is 4.68. The lowest BCUT2D eigenvalue weighted by Gasteiger charge is -2.15. The van der Waals surface area contributed by atoms with Crippen LogP contribution in [0.25, 0.3) is 0 Å². The predicted octanol–water partition coefficient (Wildman–Crippen LogP) is 2.88. The first-order chi connectivity index (χ1) is 8.89. The van der Waals surface area contributed by atoms with E-state index in [-0.39, 0.29) is 0 Å². The van der Waals surface area contributed by atoms with Gasteiger partial charge < -0.3 is 10.4 Å². The summed E-state index contributed by atoms with van der Waals surface area (Å²) in [5.74, 6) is -0.875. The summed E-state index contributed by atoms with van der Waals surface area (Å²) in [6.45, 7) is 5.87. The topological polar surface area (TPSA) is 75.1 Å². The van der Waals surface area contributed by atoms with E-state index in [0.29, 0.717) is 12.2 Å². The highest BCUT2D eigenvalue weighted by Gasteiger charge is 2.32. The van der Waals surface area contributed by atoms with E-state index in [1.807, 2.05) is 12.3 Å². The lowest BCUT2D eigenvalue weighted by Crippen LogP contribution is -2.28. The maximum Gasteiger partial charge on any atom is 0.315 e. The van der Waals surface area contributed by atoms with E-state index in [0.717, 1.165) is 15.8 Å². The van der Waals surface area contributed by atoms with Gasteiger partial charge in [-0.2, -0.15) is 0 Å². The molecular formula is C12H15N3O2S2. The number of aromatic nitrogens is 2. The number of thiazole rings is 2. The van der Waals surface area contributed by atoms with Crippen molar-refractivity contribution in [1.82, 2.24) is 9.97 Å². The first-order valence-corrected chi connectivity index (χ1v) is 7.50. The van der Waals surface area contributed by atoms with Gasteiger partial charge in [0.05, 0.1) is 22.9 Å². The third-order valence-electron chi connectivity index (χ3n) is 2.77. The summed E-state index contributed by atoms with van der Waals surface area (Å²) in [7, 11) is 0. The van der Waals surface area contributed by atoms with Gasteiger partial charge in [0.1, 0.15) is 5.41 Å².